The van der Waals surface area contributed by atoms with E-state index in [0.717, 1.165) is 12.1 Å². The van der Waals surface area contributed by atoms with Gasteiger partial charge in [-0.1, -0.05) is 48.0 Å². The van der Waals surface area contributed by atoms with E-state index in [0.29, 0.717) is 0 Å². The van der Waals surface area contributed by atoms with Gasteiger partial charge in [0.2, 0.25) is 0 Å². The van der Waals surface area contributed by atoms with E-state index < -0.39 is 6.10 Å². The van der Waals surface area contributed by atoms with E-state index in [9.17, 15) is 5.11 Å². The molecule has 0 heterocycles. The molecule has 0 aliphatic heterocycles. The van der Waals surface area contributed by atoms with Gasteiger partial charge in [0.25, 0.3) is 0 Å². The maximum absolute atomic E-state index is 10.4. The average molecular weight is 283 g/mol. The summed E-state index contributed by atoms with van der Waals surface area (Å²) in [5, 5.41) is 13.8. The van der Waals surface area contributed by atoms with E-state index in [4.69, 9.17) is 0 Å². The lowest BCUT2D eigenvalue weighted by Crippen LogP contribution is -2.32. The second-order valence-electron chi connectivity index (χ2n) is 5.90. The third-order valence-electron chi connectivity index (χ3n) is 4.06. The first-order valence-corrected chi connectivity index (χ1v) is 7.52. The van der Waals surface area contributed by atoms with E-state index in [2.05, 4.69) is 38.2 Å². The van der Waals surface area contributed by atoms with Gasteiger partial charge in [0.15, 0.2) is 0 Å². The first kappa shape index (κ1) is 15.7. The smallest absolute Gasteiger partial charge is 0.0940 e. The van der Waals surface area contributed by atoms with Gasteiger partial charge in [-0.15, -0.1) is 0 Å². The van der Waals surface area contributed by atoms with Crippen LogP contribution in [0.1, 0.15) is 40.8 Å². The van der Waals surface area contributed by atoms with Gasteiger partial charge in [0.1, 0.15) is 0 Å². The summed E-state index contributed by atoms with van der Waals surface area (Å²) < 4.78 is 0. The molecular formula is C19H25NO. The first-order valence-electron chi connectivity index (χ1n) is 7.52. The largest absolute Gasteiger partial charge is 0.387 e. The van der Waals surface area contributed by atoms with E-state index in [1.54, 1.807) is 0 Å². The minimum Gasteiger partial charge on any atom is -0.387 e. The molecule has 2 nitrogen and oxygen atoms in total. The zero-order valence-corrected chi connectivity index (χ0v) is 13.4. The second-order valence-corrected chi connectivity index (χ2v) is 5.90. The zero-order valence-electron chi connectivity index (χ0n) is 13.4. The van der Waals surface area contributed by atoms with Gasteiger partial charge < -0.3 is 10.4 Å². The van der Waals surface area contributed by atoms with Gasteiger partial charge in [-0.25, -0.2) is 0 Å². The highest BCUT2D eigenvalue weighted by Crippen LogP contribution is 2.19. The normalized spacial score (nSPS) is 14.0. The molecule has 0 bridgehead atoms. The number of benzene rings is 2. The second kappa shape index (κ2) is 6.88. The van der Waals surface area contributed by atoms with Crippen molar-refractivity contribution in [1.29, 1.82) is 0 Å². The Morgan fingerprint density at radius 3 is 2.14 bits per heavy atom. The summed E-state index contributed by atoms with van der Waals surface area (Å²) in [4.78, 5) is 0. The van der Waals surface area contributed by atoms with Crippen LogP contribution in [0.5, 0.6) is 0 Å². The Labute approximate surface area is 127 Å². The molecule has 112 valence electrons. The third-order valence-corrected chi connectivity index (χ3v) is 4.06. The van der Waals surface area contributed by atoms with E-state index in [1.807, 2.05) is 37.3 Å². The van der Waals surface area contributed by atoms with Crippen LogP contribution in [-0.2, 0) is 6.54 Å². The van der Waals surface area contributed by atoms with Crippen LogP contribution in [0.15, 0.2) is 42.5 Å². The van der Waals surface area contributed by atoms with E-state index in [1.165, 1.54) is 22.3 Å². The fourth-order valence-electron chi connectivity index (χ4n) is 2.80. The Bertz CT molecular complexity index is 569. The summed E-state index contributed by atoms with van der Waals surface area (Å²) in [5.41, 5.74) is 6.19. The molecule has 0 aromatic heterocycles. The van der Waals surface area contributed by atoms with Crippen LogP contribution in [0.4, 0.5) is 0 Å². The predicted molar refractivity (Wildman–Crippen MR) is 88.4 cm³/mol. The number of nitrogens with one attached hydrogen (secondary N) is 1. The fourth-order valence-corrected chi connectivity index (χ4v) is 2.80. The number of aryl methyl sites for hydroxylation is 3. The average Bonchev–Trinajstić information content (AvgIpc) is 2.46. The molecule has 0 aliphatic rings. The van der Waals surface area contributed by atoms with Gasteiger partial charge in [0, 0.05) is 12.6 Å². The quantitative estimate of drug-likeness (QED) is 0.874. The van der Waals surface area contributed by atoms with Crippen LogP contribution in [0.25, 0.3) is 0 Å². The standard InChI is InChI=1S/C19H25NO/c1-13-10-14(2)18(15(3)11-13)12-20-16(4)19(21)17-8-6-5-7-9-17/h5-11,16,19-21H,12H2,1-4H3/t16-,19-/m1/s1. The highest BCUT2D eigenvalue weighted by Gasteiger charge is 2.16. The van der Waals surface area contributed by atoms with Crippen molar-refractivity contribution in [3.05, 3.63) is 70.3 Å². The molecule has 2 N–H and O–H groups in total. The number of aliphatic hydroxyl groups excluding tert-OH is 1. The molecule has 0 saturated heterocycles. The predicted octanol–water partition coefficient (Wildman–Crippen LogP) is 3.82. The minimum atomic E-state index is -0.489. The van der Waals surface area contributed by atoms with Crippen LogP contribution >= 0.6 is 0 Å². The molecule has 2 heteroatoms. The molecule has 0 unspecified atom stereocenters. The Kier molecular flexibility index (Phi) is 5.16. The number of aliphatic hydroxyl groups is 1. The van der Waals surface area contributed by atoms with Crippen molar-refractivity contribution in [2.24, 2.45) is 0 Å². The van der Waals surface area contributed by atoms with Crippen molar-refractivity contribution in [2.45, 2.75) is 46.4 Å². The van der Waals surface area contributed by atoms with Crippen molar-refractivity contribution in [3.63, 3.8) is 0 Å². The SMILES string of the molecule is Cc1cc(C)c(CN[C@H](C)[C@@H](O)c2ccccc2)c(C)c1. The molecule has 2 aromatic carbocycles. The van der Waals surface area contributed by atoms with Crippen molar-refractivity contribution >= 4 is 0 Å². The number of hydrogen-bond donors (Lipinski definition) is 2. The van der Waals surface area contributed by atoms with Gasteiger partial charge in [-0.05, 0) is 49.9 Å². The van der Waals surface area contributed by atoms with Gasteiger partial charge in [-0.2, -0.15) is 0 Å². The van der Waals surface area contributed by atoms with Crippen LogP contribution in [-0.4, -0.2) is 11.1 Å². The highest BCUT2D eigenvalue weighted by atomic mass is 16.3. The Morgan fingerprint density at radius 2 is 1.57 bits per heavy atom. The summed E-state index contributed by atoms with van der Waals surface area (Å²) >= 11 is 0. The molecule has 21 heavy (non-hydrogen) atoms. The van der Waals surface area contributed by atoms with Crippen LogP contribution < -0.4 is 5.32 Å². The molecular weight excluding hydrogens is 258 g/mol. The minimum absolute atomic E-state index is 0.00695. The molecule has 0 amide bonds. The fraction of sp³-hybridized carbons (Fsp3) is 0.368. The number of hydrogen-bond acceptors (Lipinski definition) is 2. The Morgan fingerprint density at radius 1 is 1.00 bits per heavy atom. The third kappa shape index (κ3) is 3.93. The zero-order chi connectivity index (χ0) is 15.4. The van der Waals surface area contributed by atoms with Gasteiger partial charge in [-0.3, -0.25) is 0 Å². The summed E-state index contributed by atoms with van der Waals surface area (Å²) in [5.74, 6) is 0. The van der Waals surface area contributed by atoms with E-state index >= 15 is 0 Å². The lowest BCUT2D eigenvalue weighted by Gasteiger charge is -2.22. The van der Waals surface area contributed by atoms with Crippen molar-refractivity contribution < 1.29 is 5.11 Å². The molecule has 2 aromatic rings. The lowest BCUT2D eigenvalue weighted by atomic mass is 9.98. The molecule has 2 atom stereocenters. The molecule has 0 radical (unpaired) electrons. The highest BCUT2D eigenvalue weighted by molar-refractivity contribution is 5.37. The molecule has 0 fully saturated rings. The van der Waals surface area contributed by atoms with E-state index in [-0.39, 0.29) is 6.04 Å². The van der Waals surface area contributed by atoms with Gasteiger partial charge >= 0.3 is 0 Å². The summed E-state index contributed by atoms with van der Waals surface area (Å²) in [7, 11) is 0. The Hall–Kier alpha value is -1.64. The lowest BCUT2D eigenvalue weighted by molar-refractivity contribution is 0.135. The Balaban J connectivity index is 2.03. The van der Waals surface area contributed by atoms with Crippen LogP contribution in [0, 0.1) is 20.8 Å². The molecule has 0 aliphatic carbocycles. The number of rotatable bonds is 5. The van der Waals surface area contributed by atoms with Crippen molar-refractivity contribution in [3.8, 4) is 0 Å². The molecule has 0 saturated carbocycles. The van der Waals surface area contributed by atoms with Gasteiger partial charge in [0.05, 0.1) is 6.10 Å². The van der Waals surface area contributed by atoms with Crippen molar-refractivity contribution in [2.75, 3.05) is 0 Å². The monoisotopic (exact) mass is 283 g/mol. The maximum Gasteiger partial charge on any atom is 0.0940 e. The van der Waals surface area contributed by atoms with Crippen molar-refractivity contribution in [1.82, 2.24) is 5.32 Å². The molecule has 2 rings (SSSR count). The summed E-state index contributed by atoms with van der Waals surface area (Å²) in [6, 6.07) is 14.2. The molecule has 0 spiro atoms. The first-order chi connectivity index (χ1) is 9.99. The topological polar surface area (TPSA) is 32.3 Å². The van der Waals surface area contributed by atoms with Crippen LogP contribution in [0.3, 0.4) is 0 Å². The summed E-state index contributed by atoms with van der Waals surface area (Å²) in [6.45, 7) is 9.23. The summed E-state index contributed by atoms with van der Waals surface area (Å²) in [6.07, 6.45) is -0.489. The van der Waals surface area contributed by atoms with Crippen LogP contribution in [0.2, 0.25) is 0 Å². The maximum atomic E-state index is 10.4.